The number of β-amino-alcohol motifs (C(OH)–C–C–N with tert-alkyl or cyclic N) is 3. The summed E-state index contributed by atoms with van der Waals surface area (Å²) in [5, 5.41) is 42.9. The van der Waals surface area contributed by atoms with E-state index in [0.29, 0.717) is 70.6 Å². The number of halogens is 17. The number of carbonyl (C=O) groups excluding carboxylic acids is 4. The van der Waals surface area contributed by atoms with Crippen LogP contribution in [0.2, 0.25) is 0 Å². The average Bonchev–Trinajstić information content (AvgIpc) is 0.811. The van der Waals surface area contributed by atoms with Gasteiger partial charge in [0, 0.05) is 101 Å². The van der Waals surface area contributed by atoms with E-state index in [1.807, 2.05) is 26.8 Å². The van der Waals surface area contributed by atoms with Crippen LogP contribution in [0.25, 0.3) is 19.4 Å². The van der Waals surface area contributed by atoms with Crippen LogP contribution in [-0.4, -0.2) is 133 Å². The van der Waals surface area contributed by atoms with Crippen molar-refractivity contribution in [2.75, 3.05) is 52.4 Å². The number of hydrogen-bond acceptors (Lipinski definition) is 11. The van der Waals surface area contributed by atoms with Crippen molar-refractivity contribution in [3.05, 3.63) is 302 Å². The predicted octanol–water partition coefficient (Wildman–Crippen LogP) is 13.5. The molecule has 33 heteroatoms. The van der Waals surface area contributed by atoms with E-state index in [-0.39, 0.29) is 91.1 Å². The van der Waals surface area contributed by atoms with E-state index in [2.05, 4.69) is 41.4 Å². The van der Waals surface area contributed by atoms with Gasteiger partial charge in [-0.25, -0.2) is 32.6 Å². The lowest BCUT2D eigenvalue weighted by Gasteiger charge is -2.34. The monoisotopic (exact) mass is 1780 g/mol. The Hall–Kier alpha value is -10.2. The summed E-state index contributed by atoms with van der Waals surface area (Å²) in [5.74, 6) is -3.37. The zero-order valence-corrected chi connectivity index (χ0v) is 67.8. The molecule has 0 radical (unpaired) electrons. The number of ketones is 4. The third kappa shape index (κ3) is 25.7. The number of hydrogen-bond donors (Lipinski definition) is 5. The minimum absolute atomic E-state index is 0. The summed E-state index contributed by atoms with van der Waals surface area (Å²) >= 11 is 3.45. The van der Waals surface area contributed by atoms with Crippen molar-refractivity contribution in [3.63, 3.8) is 0 Å². The molecule has 0 saturated heterocycles. The third-order valence-electron chi connectivity index (χ3n) is 21.2. The van der Waals surface area contributed by atoms with Crippen molar-refractivity contribution in [2.45, 2.75) is 152 Å². The number of nitrogens with zero attached hydrogens (tertiary/aromatic N) is 7. The van der Waals surface area contributed by atoms with Gasteiger partial charge in [0.2, 0.25) is 0 Å². The molecule has 121 heavy (non-hydrogen) atoms. The van der Waals surface area contributed by atoms with E-state index in [1.54, 1.807) is 24.3 Å². The number of alkyl halides is 12. The van der Waals surface area contributed by atoms with Gasteiger partial charge in [-0.2, -0.15) is 52.7 Å². The highest BCUT2D eigenvalue weighted by Gasteiger charge is 2.43. The fraction of sp³-hybridized carbons (Fsp3) is 0.364. The van der Waals surface area contributed by atoms with Gasteiger partial charge in [0.15, 0.2) is 51.5 Å². The molecule has 8 aromatic carbocycles. The molecule has 0 spiro atoms. The van der Waals surface area contributed by atoms with Gasteiger partial charge in [0.05, 0.1) is 55.1 Å². The highest BCUT2D eigenvalue weighted by atomic mass is 79.9. The number of fused-ring (bicyclic) bond motifs is 4. The Morgan fingerprint density at radius 1 is 0.397 bits per heavy atom. The minimum Gasteiger partial charge on any atom is -1.00 e. The summed E-state index contributed by atoms with van der Waals surface area (Å²) in [6.45, 7) is 37.2. The Morgan fingerprint density at radius 2 is 0.736 bits per heavy atom. The SMILES string of the molecule is [C-]#[N+]c1ccc(CC(=O)[C@@](C)(O)CN2CCc3c(F)cccc3C2)cc1C(F)(F)F.[C-]#[N+]c1ccc(CC(=O)[C@@](C)(O)CN2CCc3cc(F)ccc3C2)cc1C(F)(F)F.[C-]#[N+]c1ccc(CC(=O)[C@@](C)(O)CN2CCc3ccc(F)cc3C2)cc1C(F)(F)F.[C-]#[N+]c1ccc(CC(=O)[C@@](C)(O)C[NH+]2CCc3cc(Br)ccc3C2)cc1C(F)(F)F.[Cl-]. The molecule has 8 aromatic rings. The molecular formula is C88H81BrClF15N8O8. The minimum atomic E-state index is -4.71. The lowest BCUT2D eigenvalue weighted by Crippen LogP contribution is -3.13. The van der Waals surface area contributed by atoms with E-state index < -0.39 is 128 Å². The largest absolute Gasteiger partial charge is 1.00 e. The van der Waals surface area contributed by atoms with E-state index in [0.717, 1.165) is 104 Å². The van der Waals surface area contributed by atoms with Gasteiger partial charge in [-0.1, -0.05) is 119 Å². The maximum atomic E-state index is 13.9. The number of rotatable bonds is 20. The predicted molar refractivity (Wildman–Crippen MR) is 417 cm³/mol. The molecule has 12 rings (SSSR count). The summed E-state index contributed by atoms with van der Waals surface area (Å²) in [6, 6.07) is 32.4. The second-order valence-corrected chi connectivity index (χ2v) is 31.9. The molecule has 0 bridgehead atoms. The molecule has 0 saturated carbocycles. The first-order valence-corrected chi connectivity index (χ1v) is 38.2. The normalized spacial score (nSPS) is 16.7. The van der Waals surface area contributed by atoms with Gasteiger partial charge in [-0.05, 0) is 151 Å². The fourth-order valence-corrected chi connectivity index (χ4v) is 15.1. The second-order valence-electron chi connectivity index (χ2n) is 30.9. The van der Waals surface area contributed by atoms with Crippen molar-refractivity contribution in [2.24, 2.45) is 0 Å². The standard InChI is InChI=1S/C22H20BrF3N2O2.3C22H20F4N2O2.ClH/c2*1-21(30,13-28-8-7-15-11-17(23)5-4-16(15)12-28)20(29)10-14-3-6-19(27-2)18(9-14)22(24,25)26;1-21(30,13-28-8-7-15-4-5-17(23)11-16(15)12-28)20(29)10-14-3-6-19(27-2)18(9-14)22(24,25)26;1-21(30,13-28-9-8-16-15(12-28)4-3-5-18(16)23)20(29)11-14-6-7-19(27-2)17(10-14)22(24,25)26;/h3*3-6,9,11,30H,7-8,10,12-13H2,1H3;3-7,10,30H,8-9,11-13H2,1H3;1H/t4*21-;/m0000./s1. The molecular weight excluding hydrogens is 1700 g/mol. The third-order valence-corrected chi connectivity index (χ3v) is 21.7. The molecule has 5 N–H and O–H groups in total. The average molecular weight is 1780 g/mol. The van der Waals surface area contributed by atoms with Crippen LogP contribution in [0.3, 0.4) is 0 Å². The van der Waals surface area contributed by atoms with E-state index in [9.17, 15) is 105 Å². The molecule has 4 aliphatic rings. The Morgan fingerprint density at radius 3 is 1.13 bits per heavy atom. The van der Waals surface area contributed by atoms with Gasteiger partial charge < -0.3 is 37.7 Å². The first-order chi connectivity index (χ1) is 56.0. The fourth-order valence-electron chi connectivity index (χ4n) is 14.7. The van der Waals surface area contributed by atoms with Crippen LogP contribution in [0.4, 0.5) is 88.6 Å². The highest BCUT2D eigenvalue weighted by Crippen LogP contribution is 2.42. The summed E-state index contributed by atoms with van der Waals surface area (Å²) in [4.78, 5) is 68.7. The van der Waals surface area contributed by atoms with Crippen LogP contribution in [0.1, 0.15) is 117 Å². The summed E-state index contributed by atoms with van der Waals surface area (Å²) < 4.78 is 199. The van der Waals surface area contributed by atoms with Crippen molar-refractivity contribution in [3.8, 4) is 0 Å². The van der Waals surface area contributed by atoms with Crippen molar-refractivity contribution >= 4 is 61.8 Å². The number of Topliss-reactive ketones (excluding diaryl/α,β-unsaturated/α-hetero) is 4. The Balaban J connectivity index is 0.000000200. The number of benzene rings is 8. The second kappa shape index (κ2) is 39.3. The van der Waals surface area contributed by atoms with Gasteiger partial charge in [0.25, 0.3) is 0 Å². The van der Waals surface area contributed by atoms with Crippen LogP contribution in [0.15, 0.2) is 150 Å². The Labute approximate surface area is 702 Å². The van der Waals surface area contributed by atoms with Crippen LogP contribution in [0.5, 0.6) is 0 Å². The van der Waals surface area contributed by atoms with Crippen molar-refractivity contribution in [1.82, 2.24) is 14.7 Å². The van der Waals surface area contributed by atoms with Crippen molar-refractivity contribution in [1.29, 1.82) is 0 Å². The lowest BCUT2D eigenvalue weighted by molar-refractivity contribution is -0.920. The molecule has 4 heterocycles. The maximum absolute atomic E-state index is 13.9. The molecule has 1 unspecified atom stereocenters. The van der Waals surface area contributed by atoms with Crippen LogP contribution < -0.4 is 17.3 Å². The van der Waals surface area contributed by atoms with Gasteiger partial charge in [0.1, 0.15) is 47.3 Å². The number of aliphatic hydroxyl groups is 4. The molecule has 640 valence electrons. The maximum Gasteiger partial charge on any atom is 0.407 e. The van der Waals surface area contributed by atoms with E-state index in [1.165, 1.54) is 87.9 Å². The van der Waals surface area contributed by atoms with Gasteiger partial charge in [-0.15, -0.1) is 0 Å². The van der Waals surface area contributed by atoms with Crippen LogP contribution in [-0.2, 0) is 121 Å². The van der Waals surface area contributed by atoms with Crippen molar-refractivity contribution < 1.29 is 123 Å². The molecule has 0 amide bonds. The molecule has 4 aliphatic heterocycles. The van der Waals surface area contributed by atoms with Crippen LogP contribution in [0, 0.1) is 43.7 Å². The van der Waals surface area contributed by atoms with Crippen LogP contribution >= 0.6 is 15.9 Å². The number of quaternary nitrogens is 1. The quantitative estimate of drug-likeness (QED) is 0.0362. The summed E-state index contributed by atoms with van der Waals surface area (Å²) in [7, 11) is 0. The lowest BCUT2D eigenvalue weighted by atomic mass is 9.92. The molecule has 5 atom stereocenters. The zero-order valence-electron chi connectivity index (χ0n) is 65.5. The zero-order chi connectivity index (χ0) is 88.4. The number of carbonyl (C=O) groups is 4. The molecule has 0 aromatic heterocycles. The first-order valence-electron chi connectivity index (χ1n) is 37.4. The molecule has 0 aliphatic carbocycles. The highest BCUT2D eigenvalue weighted by molar-refractivity contribution is 9.10. The smallest absolute Gasteiger partial charge is 0.407 e. The van der Waals surface area contributed by atoms with Gasteiger partial charge >= 0.3 is 24.7 Å². The summed E-state index contributed by atoms with van der Waals surface area (Å²) in [6.07, 6.45) is -17.8. The van der Waals surface area contributed by atoms with E-state index >= 15 is 0 Å². The first kappa shape index (κ1) is 96.3. The Bertz CT molecular complexity index is 5090. The van der Waals surface area contributed by atoms with Gasteiger partial charge in [-0.3, -0.25) is 33.9 Å². The Kier molecular flexibility index (Phi) is 31.3. The summed E-state index contributed by atoms with van der Waals surface area (Å²) in [5.41, 5.74) is -5.73. The molecule has 0 fully saturated rings. The van der Waals surface area contributed by atoms with E-state index in [4.69, 9.17) is 26.3 Å². The molecule has 16 nitrogen and oxygen atoms in total. The topological polar surface area (TPSA) is 181 Å². The number of nitrogens with one attached hydrogen (secondary N) is 1.